The van der Waals surface area contributed by atoms with Crippen LogP contribution in [-0.4, -0.2) is 31.4 Å². The number of aromatic nitrogens is 4. The second-order valence-electron chi connectivity index (χ2n) is 6.18. The number of aryl methyl sites for hydroxylation is 1. The first-order valence-corrected chi connectivity index (χ1v) is 8.10. The summed E-state index contributed by atoms with van der Waals surface area (Å²) in [4.78, 5) is 20.7. The fourth-order valence-electron chi connectivity index (χ4n) is 3.14. The van der Waals surface area contributed by atoms with Crippen LogP contribution in [0.15, 0.2) is 54.3 Å². The van der Waals surface area contributed by atoms with Crippen molar-refractivity contribution in [2.24, 2.45) is 4.99 Å². The summed E-state index contributed by atoms with van der Waals surface area (Å²) in [6.07, 6.45) is 11.4. The van der Waals surface area contributed by atoms with Gasteiger partial charge in [0.05, 0.1) is 5.56 Å². The molecule has 6 nitrogen and oxygen atoms in total. The van der Waals surface area contributed by atoms with Crippen molar-refractivity contribution in [3.63, 3.8) is 0 Å². The molecule has 1 aliphatic heterocycles. The van der Waals surface area contributed by atoms with Crippen LogP contribution in [0.5, 0.6) is 0 Å². The van der Waals surface area contributed by atoms with Crippen molar-refractivity contribution >= 4 is 23.2 Å². The van der Waals surface area contributed by atoms with E-state index in [0.29, 0.717) is 6.04 Å². The van der Waals surface area contributed by atoms with Gasteiger partial charge in [0, 0.05) is 30.8 Å². The summed E-state index contributed by atoms with van der Waals surface area (Å²) in [6, 6.07) is 6.47. The van der Waals surface area contributed by atoms with Crippen LogP contribution >= 0.6 is 0 Å². The van der Waals surface area contributed by atoms with E-state index in [0.717, 1.165) is 47.1 Å². The molecule has 24 heavy (non-hydrogen) atoms. The van der Waals surface area contributed by atoms with Crippen LogP contribution in [-0.2, 0) is 0 Å². The molecule has 0 aromatic carbocycles. The summed E-state index contributed by atoms with van der Waals surface area (Å²) in [5.74, 6) is 2.65. The minimum Gasteiger partial charge on any atom is -0.305 e. The first-order valence-electron chi connectivity index (χ1n) is 8.10. The largest absolute Gasteiger partial charge is 0.305 e. The normalized spacial score (nSPS) is 16.2. The van der Waals surface area contributed by atoms with E-state index < -0.39 is 0 Å². The number of hydrogen-bond donors (Lipinski definition) is 0. The van der Waals surface area contributed by atoms with Gasteiger partial charge in [-0.05, 0) is 43.5 Å². The minimum atomic E-state index is 0.448. The Morgan fingerprint density at radius 2 is 1.92 bits per heavy atom. The van der Waals surface area contributed by atoms with Crippen LogP contribution in [0.2, 0.25) is 0 Å². The van der Waals surface area contributed by atoms with Gasteiger partial charge in [-0.3, -0.25) is 4.57 Å². The lowest BCUT2D eigenvalue weighted by atomic mass is 10.2. The lowest BCUT2D eigenvalue weighted by molar-refractivity contribution is 0.917. The highest BCUT2D eigenvalue weighted by Gasteiger charge is 2.37. The maximum absolute atomic E-state index is 4.98. The Kier molecular flexibility index (Phi) is 2.79. The SMILES string of the molecule is Cc1ccnc2c1N=C(n1ccnc1)c1cccnc1N2C1CC1. The molecule has 0 saturated heterocycles. The van der Waals surface area contributed by atoms with Crippen LogP contribution in [0.4, 0.5) is 17.3 Å². The second kappa shape index (κ2) is 4.99. The van der Waals surface area contributed by atoms with Crippen molar-refractivity contribution in [1.29, 1.82) is 0 Å². The lowest BCUT2D eigenvalue weighted by Gasteiger charge is -2.24. The average Bonchev–Trinajstić information content (AvgIpc) is 3.31. The van der Waals surface area contributed by atoms with Gasteiger partial charge in [-0.25, -0.2) is 19.9 Å². The summed E-state index contributed by atoms with van der Waals surface area (Å²) >= 11 is 0. The van der Waals surface area contributed by atoms with E-state index in [9.17, 15) is 0 Å². The highest BCUT2D eigenvalue weighted by atomic mass is 15.3. The molecule has 1 fully saturated rings. The Morgan fingerprint density at radius 3 is 2.71 bits per heavy atom. The van der Waals surface area contributed by atoms with E-state index >= 15 is 0 Å². The molecular formula is C18H16N6. The van der Waals surface area contributed by atoms with Crippen molar-refractivity contribution in [1.82, 2.24) is 19.5 Å². The molecule has 0 radical (unpaired) electrons. The first kappa shape index (κ1) is 13.4. The predicted molar refractivity (Wildman–Crippen MR) is 92.2 cm³/mol. The van der Waals surface area contributed by atoms with Gasteiger partial charge in [0.15, 0.2) is 5.82 Å². The van der Waals surface area contributed by atoms with Gasteiger partial charge in [-0.2, -0.15) is 0 Å². The van der Waals surface area contributed by atoms with E-state index in [1.807, 2.05) is 35.3 Å². The molecule has 0 N–H and O–H groups in total. The van der Waals surface area contributed by atoms with Crippen LogP contribution in [0, 0.1) is 6.92 Å². The molecular weight excluding hydrogens is 300 g/mol. The van der Waals surface area contributed by atoms with E-state index in [1.54, 1.807) is 12.5 Å². The van der Waals surface area contributed by atoms with E-state index in [4.69, 9.17) is 4.99 Å². The summed E-state index contributed by atoms with van der Waals surface area (Å²) in [5, 5.41) is 0. The van der Waals surface area contributed by atoms with E-state index in [2.05, 4.69) is 32.8 Å². The molecule has 4 heterocycles. The Morgan fingerprint density at radius 1 is 1.04 bits per heavy atom. The summed E-state index contributed by atoms with van der Waals surface area (Å²) in [6.45, 7) is 2.07. The van der Waals surface area contributed by atoms with Gasteiger partial charge in [0.1, 0.15) is 23.7 Å². The van der Waals surface area contributed by atoms with Gasteiger partial charge in [0.2, 0.25) is 0 Å². The number of imidazole rings is 1. The second-order valence-corrected chi connectivity index (χ2v) is 6.18. The highest BCUT2D eigenvalue weighted by Crippen LogP contribution is 2.44. The minimum absolute atomic E-state index is 0.448. The van der Waals surface area contributed by atoms with Gasteiger partial charge >= 0.3 is 0 Å². The Balaban J connectivity index is 1.85. The Bertz CT molecular complexity index is 940. The molecule has 1 aliphatic carbocycles. The van der Waals surface area contributed by atoms with E-state index in [-0.39, 0.29) is 0 Å². The fraction of sp³-hybridized carbons (Fsp3) is 0.222. The number of nitrogens with zero attached hydrogens (tertiary/aromatic N) is 6. The van der Waals surface area contributed by atoms with Gasteiger partial charge in [0.25, 0.3) is 0 Å². The summed E-state index contributed by atoms with van der Waals surface area (Å²) in [5.41, 5.74) is 3.02. The number of fused-ring (bicyclic) bond motifs is 2. The zero-order valence-corrected chi connectivity index (χ0v) is 13.3. The van der Waals surface area contributed by atoms with Crippen molar-refractivity contribution < 1.29 is 0 Å². The maximum atomic E-state index is 4.98. The smallest absolute Gasteiger partial charge is 0.160 e. The zero-order valence-electron chi connectivity index (χ0n) is 13.3. The third-order valence-electron chi connectivity index (χ3n) is 4.47. The topological polar surface area (TPSA) is 59.2 Å². The molecule has 0 spiro atoms. The van der Waals surface area contributed by atoms with Gasteiger partial charge in [-0.1, -0.05) is 0 Å². The molecule has 5 rings (SSSR count). The Hall–Kier alpha value is -3.02. The van der Waals surface area contributed by atoms with Crippen molar-refractivity contribution in [3.8, 4) is 0 Å². The zero-order chi connectivity index (χ0) is 16.1. The number of pyridine rings is 2. The number of hydrogen-bond acceptors (Lipinski definition) is 5. The van der Waals surface area contributed by atoms with Crippen molar-refractivity contribution in [2.45, 2.75) is 25.8 Å². The third-order valence-corrected chi connectivity index (χ3v) is 4.47. The van der Waals surface area contributed by atoms with Crippen LogP contribution < -0.4 is 4.90 Å². The monoisotopic (exact) mass is 316 g/mol. The standard InChI is InChI=1S/C18H16N6/c1-12-6-8-21-18-15(12)22-17(23-10-9-19-11-23)14-3-2-7-20-16(14)24(18)13-4-5-13/h2-3,6-11,13H,4-5H2,1H3. The maximum Gasteiger partial charge on any atom is 0.160 e. The third kappa shape index (κ3) is 1.96. The molecule has 2 aliphatic rings. The molecule has 0 amide bonds. The van der Waals surface area contributed by atoms with Crippen LogP contribution in [0.3, 0.4) is 0 Å². The average molecular weight is 316 g/mol. The number of aliphatic imine (C=N–C) groups is 1. The number of anilines is 2. The Labute approximate surface area is 139 Å². The molecule has 0 unspecified atom stereocenters. The van der Waals surface area contributed by atoms with Gasteiger partial charge < -0.3 is 4.90 Å². The van der Waals surface area contributed by atoms with Crippen LogP contribution in [0.25, 0.3) is 0 Å². The molecule has 0 atom stereocenters. The van der Waals surface area contributed by atoms with Gasteiger partial charge in [-0.15, -0.1) is 0 Å². The van der Waals surface area contributed by atoms with E-state index in [1.165, 1.54) is 0 Å². The fourth-order valence-corrected chi connectivity index (χ4v) is 3.14. The molecule has 118 valence electrons. The molecule has 0 bridgehead atoms. The first-order chi connectivity index (χ1) is 11.8. The predicted octanol–water partition coefficient (Wildman–Crippen LogP) is 3.22. The van der Waals surface area contributed by atoms with Crippen molar-refractivity contribution in [2.75, 3.05) is 4.90 Å². The highest BCUT2D eigenvalue weighted by molar-refractivity contribution is 6.08. The molecule has 3 aromatic heterocycles. The molecule has 3 aromatic rings. The quantitative estimate of drug-likeness (QED) is 0.691. The number of rotatable bonds is 1. The summed E-state index contributed by atoms with van der Waals surface area (Å²) in [7, 11) is 0. The molecule has 1 saturated carbocycles. The lowest BCUT2D eigenvalue weighted by Crippen LogP contribution is -2.24. The summed E-state index contributed by atoms with van der Waals surface area (Å²) < 4.78 is 1.94. The van der Waals surface area contributed by atoms with Crippen molar-refractivity contribution in [3.05, 3.63) is 60.4 Å². The molecule has 6 heteroatoms. The van der Waals surface area contributed by atoms with Crippen LogP contribution in [0.1, 0.15) is 24.0 Å².